The van der Waals surface area contributed by atoms with Gasteiger partial charge in [0.2, 0.25) is 0 Å². The van der Waals surface area contributed by atoms with Crippen LogP contribution in [0, 0.1) is 0 Å². The van der Waals surface area contributed by atoms with Crippen LogP contribution in [0.3, 0.4) is 0 Å². The molecule has 0 unspecified atom stereocenters. The Balaban J connectivity index is 1.11. The van der Waals surface area contributed by atoms with E-state index in [-0.39, 0.29) is 5.41 Å². The number of hydrogen-bond acceptors (Lipinski definition) is 1. The highest BCUT2D eigenvalue weighted by Gasteiger charge is 2.38. The Morgan fingerprint density at radius 2 is 0.923 bits per heavy atom. The van der Waals surface area contributed by atoms with Crippen molar-refractivity contribution in [2.24, 2.45) is 0 Å². The summed E-state index contributed by atoms with van der Waals surface area (Å²) in [4.78, 5) is 0. The van der Waals surface area contributed by atoms with Gasteiger partial charge in [0.25, 0.3) is 0 Å². The lowest BCUT2D eigenvalue weighted by Gasteiger charge is -2.23. The van der Waals surface area contributed by atoms with Gasteiger partial charge in [-0.05, 0) is 82.9 Å². The summed E-state index contributed by atoms with van der Waals surface area (Å²) < 4.78 is 6.59. The van der Waals surface area contributed by atoms with Crippen LogP contribution < -0.4 is 0 Å². The zero-order chi connectivity index (χ0) is 34.6. The largest absolute Gasteiger partial charge is 0.455 e. The first-order chi connectivity index (χ1) is 25.6. The van der Waals surface area contributed by atoms with E-state index in [1.54, 1.807) is 0 Å². The van der Waals surface area contributed by atoms with Gasteiger partial charge in [-0.3, -0.25) is 0 Å². The van der Waals surface area contributed by atoms with Gasteiger partial charge < -0.3 is 4.42 Å². The van der Waals surface area contributed by atoms with Gasteiger partial charge in [-0.25, -0.2) is 0 Å². The highest BCUT2D eigenvalue weighted by molar-refractivity contribution is 6.24. The molecule has 0 amide bonds. The third-order valence-corrected chi connectivity index (χ3v) is 11.7. The first-order valence-corrected chi connectivity index (χ1v) is 18.2. The summed E-state index contributed by atoms with van der Waals surface area (Å²) in [5.41, 5.74) is 14.6. The third-order valence-electron chi connectivity index (χ3n) is 11.7. The minimum absolute atomic E-state index is 0.0895. The van der Waals surface area contributed by atoms with Crippen molar-refractivity contribution >= 4 is 54.3 Å². The maximum absolute atomic E-state index is 6.59. The van der Waals surface area contributed by atoms with Crippen LogP contribution >= 0.6 is 0 Å². The number of benzene rings is 9. The Labute approximate surface area is 302 Å². The van der Waals surface area contributed by atoms with Gasteiger partial charge in [-0.15, -0.1) is 0 Å². The van der Waals surface area contributed by atoms with Crippen LogP contribution in [0.15, 0.2) is 174 Å². The van der Waals surface area contributed by atoms with Crippen molar-refractivity contribution in [3.05, 3.63) is 181 Å². The molecule has 0 saturated heterocycles. The van der Waals surface area contributed by atoms with E-state index in [1.165, 1.54) is 82.4 Å². The fourth-order valence-corrected chi connectivity index (χ4v) is 9.38. The van der Waals surface area contributed by atoms with E-state index in [0.717, 1.165) is 27.5 Å². The summed E-state index contributed by atoms with van der Waals surface area (Å²) in [5, 5.41) is 9.86. The molecule has 0 aliphatic heterocycles. The third kappa shape index (κ3) is 3.99. The fourth-order valence-electron chi connectivity index (χ4n) is 9.38. The average Bonchev–Trinajstić information content (AvgIpc) is 3.69. The first kappa shape index (κ1) is 29.3. The Morgan fingerprint density at radius 1 is 0.365 bits per heavy atom. The molecule has 0 atom stereocenters. The highest BCUT2D eigenvalue weighted by Crippen LogP contribution is 2.54. The zero-order valence-electron chi connectivity index (χ0n) is 29.1. The average molecular weight is 663 g/mol. The molecule has 9 aromatic carbocycles. The van der Waals surface area contributed by atoms with Crippen LogP contribution in [0.1, 0.15) is 25.0 Å². The fraction of sp³-hybridized carbons (Fsp3) is 0.0588. The van der Waals surface area contributed by atoms with Crippen molar-refractivity contribution < 1.29 is 4.42 Å². The van der Waals surface area contributed by atoms with Crippen LogP contribution in [-0.2, 0) is 5.41 Å². The molecule has 1 heteroatoms. The molecule has 1 aliphatic carbocycles. The lowest BCUT2D eigenvalue weighted by atomic mass is 9.80. The molecule has 244 valence electrons. The molecule has 1 heterocycles. The molecule has 0 bridgehead atoms. The summed E-state index contributed by atoms with van der Waals surface area (Å²) in [6, 6.07) is 62.2. The molecule has 0 N–H and O–H groups in total. The maximum atomic E-state index is 6.59. The minimum Gasteiger partial charge on any atom is -0.455 e. The van der Waals surface area contributed by atoms with Gasteiger partial charge in [0.05, 0.1) is 0 Å². The Kier molecular flexibility index (Phi) is 6.08. The quantitative estimate of drug-likeness (QED) is 0.172. The molecular formula is C51H34O. The Morgan fingerprint density at radius 3 is 1.65 bits per heavy atom. The van der Waals surface area contributed by atoms with Gasteiger partial charge in [-0.2, -0.15) is 0 Å². The predicted octanol–water partition coefficient (Wildman–Crippen LogP) is 14.4. The minimum atomic E-state index is -0.0895. The molecule has 1 nitrogen and oxygen atoms in total. The number of hydrogen-bond donors (Lipinski definition) is 0. The van der Waals surface area contributed by atoms with Crippen LogP contribution in [0.4, 0.5) is 0 Å². The van der Waals surface area contributed by atoms with E-state index in [1.807, 2.05) is 6.07 Å². The van der Waals surface area contributed by atoms with Gasteiger partial charge in [0.1, 0.15) is 11.2 Å². The lowest BCUT2D eigenvalue weighted by molar-refractivity contribution is 0.666. The number of furan rings is 1. The maximum Gasteiger partial charge on any atom is 0.143 e. The SMILES string of the molecule is CC1(C)c2cccc(-c3ccc(-c4c5ccccc5c(-c5cccc6c5oc5ccccc56)c5ccccc45)cc3)c2-c2ccc3ccccc3c21. The summed E-state index contributed by atoms with van der Waals surface area (Å²) in [7, 11) is 0. The molecule has 10 aromatic rings. The molecule has 0 fully saturated rings. The topological polar surface area (TPSA) is 13.1 Å². The van der Waals surface area contributed by atoms with E-state index < -0.39 is 0 Å². The zero-order valence-corrected chi connectivity index (χ0v) is 29.1. The van der Waals surface area contributed by atoms with Crippen molar-refractivity contribution in [1.29, 1.82) is 0 Å². The van der Waals surface area contributed by atoms with Crippen LogP contribution in [0.5, 0.6) is 0 Å². The second-order valence-electron chi connectivity index (χ2n) is 14.8. The van der Waals surface area contributed by atoms with E-state index in [2.05, 4.69) is 178 Å². The molecule has 0 radical (unpaired) electrons. The number of rotatable bonds is 3. The predicted molar refractivity (Wildman–Crippen MR) is 220 cm³/mol. The second-order valence-corrected chi connectivity index (χ2v) is 14.8. The summed E-state index contributed by atoms with van der Waals surface area (Å²) in [5.74, 6) is 0. The summed E-state index contributed by atoms with van der Waals surface area (Å²) >= 11 is 0. The Bertz CT molecular complexity index is 3030. The highest BCUT2D eigenvalue weighted by atomic mass is 16.3. The first-order valence-electron chi connectivity index (χ1n) is 18.2. The number of para-hydroxylation sites is 2. The lowest BCUT2D eigenvalue weighted by Crippen LogP contribution is -2.15. The second kappa shape index (κ2) is 10.8. The molecular weight excluding hydrogens is 629 g/mol. The normalized spacial score (nSPS) is 13.3. The van der Waals surface area contributed by atoms with E-state index in [4.69, 9.17) is 4.42 Å². The molecule has 0 saturated carbocycles. The van der Waals surface area contributed by atoms with Gasteiger partial charge >= 0.3 is 0 Å². The van der Waals surface area contributed by atoms with Crippen molar-refractivity contribution in [3.8, 4) is 44.5 Å². The van der Waals surface area contributed by atoms with Crippen LogP contribution in [-0.4, -0.2) is 0 Å². The smallest absolute Gasteiger partial charge is 0.143 e. The van der Waals surface area contributed by atoms with Crippen molar-refractivity contribution in [2.45, 2.75) is 19.3 Å². The van der Waals surface area contributed by atoms with Crippen molar-refractivity contribution in [3.63, 3.8) is 0 Å². The molecule has 1 aliphatic rings. The molecule has 52 heavy (non-hydrogen) atoms. The van der Waals surface area contributed by atoms with E-state index >= 15 is 0 Å². The summed E-state index contributed by atoms with van der Waals surface area (Å²) in [6.07, 6.45) is 0. The van der Waals surface area contributed by atoms with Crippen LogP contribution in [0.2, 0.25) is 0 Å². The van der Waals surface area contributed by atoms with E-state index in [0.29, 0.717) is 0 Å². The van der Waals surface area contributed by atoms with Gasteiger partial charge in [0, 0.05) is 27.3 Å². The monoisotopic (exact) mass is 662 g/mol. The van der Waals surface area contributed by atoms with Gasteiger partial charge in [0.15, 0.2) is 0 Å². The van der Waals surface area contributed by atoms with Gasteiger partial charge in [-0.1, -0.05) is 178 Å². The van der Waals surface area contributed by atoms with E-state index in [9.17, 15) is 0 Å². The standard InChI is InChI=1S/C51H34O/c1-51(2)44-23-12-20-34(48(44)42-30-29-31-13-3-4-14-35(31)49(42)51)32-25-27-33(28-26-32)46-37-16-5-7-18-39(37)47(40-19-8-6-17-38(40)46)43-22-11-21-41-36-15-9-10-24-45(36)52-50(41)43/h3-30H,1-2H3. The van der Waals surface area contributed by atoms with Crippen molar-refractivity contribution in [1.82, 2.24) is 0 Å². The molecule has 1 aromatic heterocycles. The molecule has 11 rings (SSSR count). The van der Waals surface area contributed by atoms with Crippen LogP contribution in [0.25, 0.3) is 98.8 Å². The summed E-state index contributed by atoms with van der Waals surface area (Å²) in [6.45, 7) is 4.76. The number of fused-ring (bicyclic) bond motifs is 10. The Hall–Kier alpha value is -6.44. The van der Waals surface area contributed by atoms with Crippen molar-refractivity contribution in [2.75, 3.05) is 0 Å². The molecule has 0 spiro atoms.